The van der Waals surface area contributed by atoms with Gasteiger partial charge in [0.25, 0.3) is 0 Å². The van der Waals surface area contributed by atoms with E-state index in [4.69, 9.17) is 21.6 Å². The Morgan fingerprint density at radius 2 is 1.90 bits per heavy atom. The van der Waals surface area contributed by atoms with Gasteiger partial charge >= 0.3 is 0 Å². The van der Waals surface area contributed by atoms with Crippen LogP contribution in [0, 0.1) is 5.92 Å². The lowest BCUT2D eigenvalue weighted by Crippen LogP contribution is -2.12. The summed E-state index contributed by atoms with van der Waals surface area (Å²) in [4.78, 5) is 9.50. The summed E-state index contributed by atoms with van der Waals surface area (Å²) in [6.07, 6.45) is 3.30. The molecule has 3 rings (SSSR count). The third kappa shape index (κ3) is 3.18. The summed E-state index contributed by atoms with van der Waals surface area (Å²) in [5.41, 5.74) is 3.51. The van der Waals surface area contributed by atoms with E-state index in [0.717, 1.165) is 41.6 Å². The number of nitrogens with zero attached hydrogens (tertiary/aromatic N) is 2. The quantitative estimate of drug-likeness (QED) is 0.912. The molecule has 0 atom stereocenters. The van der Waals surface area contributed by atoms with E-state index in [1.165, 1.54) is 17.7 Å². The van der Waals surface area contributed by atoms with E-state index in [0.29, 0.717) is 5.92 Å². The molecule has 0 bridgehead atoms. The summed E-state index contributed by atoms with van der Waals surface area (Å²) in [7, 11) is 0. The van der Waals surface area contributed by atoms with Crippen LogP contribution in [0.5, 0.6) is 0 Å². The van der Waals surface area contributed by atoms with Crippen LogP contribution in [0.4, 0.5) is 5.82 Å². The fraction of sp³-hybridized carbons (Fsp3) is 0.412. The molecule has 0 fully saturated rings. The minimum absolute atomic E-state index is 0.594. The molecule has 3 nitrogen and oxygen atoms in total. The minimum Gasteiger partial charge on any atom is -0.369 e. The average molecular weight is 302 g/mol. The number of benzene rings is 1. The monoisotopic (exact) mass is 301 g/mol. The number of hydrogen-bond acceptors (Lipinski definition) is 3. The Balaban J connectivity index is 1.98. The molecule has 0 radical (unpaired) electrons. The van der Waals surface area contributed by atoms with Crippen LogP contribution in [-0.2, 0) is 12.8 Å². The summed E-state index contributed by atoms with van der Waals surface area (Å²) in [5, 5.41) is 4.22. The first-order valence-electron chi connectivity index (χ1n) is 7.53. The van der Waals surface area contributed by atoms with Gasteiger partial charge in [0.2, 0.25) is 0 Å². The van der Waals surface area contributed by atoms with Crippen molar-refractivity contribution in [3.8, 4) is 11.4 Å². The molecular weight excluding hydrogens is 282 g/mol. The van der Waals surface area contributed by atoms with Crippen LogP contribution in [0.3, 0.4) is 0 Å². The van der Waals surface area contributed by atoms with Crippen molar-refractivity contribution in [2.45, 2.75) is 33.1 Å². The summed E-state index contributed by atoms with van der Waals surface area (Å²) in [6.45, 7) is 5.34. The van der Waals surface area contributed by atoms with Crippen molar-refractivity contribution in [3.05, 3.63) is 40.5 Å². The normalized spacial score (nSPS) is 13.5. The molecule has 1 aliphatic carbocycles. The standard InChI is InChI=1S/C17H20ClN3/c1-11(2)10-19-17-14-4-3-5-15(14)20-16(21-17)12-6-8-13(18)9-7-12/h6-9,11H,3-5,10H2,1-2H3,(H,19,20,21). The highest BCUT2D eigenvalue weighted by atomic mass is 35.5. The first-order valence-corrected chi connectivity index (χ1v) is 7.91. The first kappa shape index (κ1) is 14.3. The highest BCUT2D eigenvalue weighted by Gasteiger charge is 2.19. The van der Waals surface area contributed by atoms with Gasteiger partial charge in [0, 0.05) is 28.4 Å². The molecule has 110 valence electrons. The number of aromatic nitrogens is 2. The zero-order valence-electron chi connectivity index (χ0n) is 12.5. The molecule has 21 heavy (non-hydrogen) atoms. The number of fused-ring (bicyclic) bond motifs is 1. The molecule has 0 amide bonds. The first-order chi connectivity index (χ1) is 10.1. The predicted octanol–water partition coefficient (Wildman–Crippen LogP) is 4.35. The number of rotatable bonds is 4. The van der Waals surface area contributed by atoms with Crippen molar-refractivity contribution >= 4 is 17.4 Å². The topological polar surface area (TPSA) is 37.8 Å². The Hall–Kier alpha value is -1.61. The largest absolute Gasteiger partial charge is 0.369 e. The molecule has 0 saturated heterocycles. The van der Waals surface area contributed by atoms with E-state index < -0.39 is 0 Å². The summed E-state index contributed by atoms with van der Waals surface area (Å²) in [5.74, 6) is 2.39. The van der Waals surface area contributed by atoms with E-state index in [1.807, 2.05) is 24.3 Å². The number of anilines is 1. The van der Waals surface area contributed by atoms with Crippen LogP contribution in [-0.4, -0.2) is 16.5 Å². The highest BCUT2D eigenvalue weighted by molar-refractivity contribution is 6.30. The second-order valence-corrected chi connectivity index (χ2v) is 6.39. The van der Waals surface area contributed by atoms with Crippen LogP contribution in [0.15, 0.2) is 24.3 Å². The fourth-order valence-corrected chi connectivity index (χ4v) is 2.73. The van der Waals surface area contributed by atoms with Crippen LogP contribution in [0.2, 0.25) is 5.02 Å². The SMILES string of the molecule is CC(C)CNc1nc(-c2ccc(Cl)cc2)nc2c1CCC2. The van der Waals surface area contributed by atoms with Gasteiger partial charge in [-0.25, -0.2) is 9.97 Å². The molecule has 1 heterocycles. The molecule has 0 aliphatic heterocycles. The Labute approximate surface area is 130 Å². The van der Waals surface area contributed by atoms with Crippen LogP contribution < -0.4 is 5.32 Å². The van der Waals surface area contributed by atoms with Crippen molar-refractivity contribution in [2.24, 2.45) is 5.92 Å². The van der Waals surface area contributed by atoms with E-state index in [-0.39, 0.29) is 0 Å². The molecule has 1 N–H and O–H groups in total. The van der Waals surface area contributed by atoms with Crippen molar-refractivity contribution in [1.82, 2.24) is 9.97 Å². The van der Waals surface area contributed by atoms with Crippen LogP contribution >= 0.6 is 11.6 Å². The fourth-order valence-electron chi connectivity index (χ4n) is 2.61. The van der Waals surface area contributed by atoms with Gasteiger partial charge in [-0.1, -0.05) is 25.4 Å². The van der Waals surface area contributed by atoms with Crippen molar-refractivity contribution in [1.29, 1.82) is 0 Å². The smallest absolute Gasteiger partial charge is 0.161 e. The molecule has 1 aliphatic rings. The Kier molecular flexibility index (Phi) is 4.11. The molecule has 0 spiro atoms. The van der Waals surface area contributed by atoms with Gasteiger partial charge in [-0.3, -0.25) is 0 Å². The number of nitrogens with one attached hydrogen (secondary N) is 1. The summed E-state index contributed by atoms with van der Waals surface area (Å²) >= 11 is 5.96. The van der Waals surface area contributed by atoms with Crippen molar-refractivity contribution in [2.75, 3.05) is 11.9 Å². The zero-order valence-corrected chi connectivity index (χ0v) is 13.2. The van der Waals surface area contributed by atoms with Gasteiger partial charge in [0.1, 0.15) is 5.82 Å². The Bertz CT molecular complexity index is 635. The summed E-state index contributed by atoms with van der Waals surface area (Å²) < 4.78 is 0. The third-order valence-corrected chi connectivity index (χ3v) is 3.97. The second-order valence-electron chi connectivity index (χ2n) is 5.96. The second kappa shape index (κ2) is 6.02. The lowest BCUT2D eigenvalue weighted by molar-refractivity contribution is 0.686. The summed E-state index contributed by atoms with van der Waals surface area (Å²) in [6, 6.07) is 7.72. The lowest BCUT2D eigenvalue weighted by atomic mass is 10.1. The van der Waals surface area contributed by atoms with Crippen molar-refractivity contribution in [3.63, 3.8) is 0 Å². The van der Waals surface area contributed by atoms with E-state index in [2.05, 4.69) is 19.2 Å². The highest BCUT2D eigenvalue weighted by Crippen LogP contribution is 2.29. The van der Waals surface area contributed by atoms with Gasteiger partial charge < -0.3 is 5.32 Å². The molecule has 2 aromatic rings. The molecule has 4 heteroatoms. The molecule has 0 unspecified atom stereocenters. The minimum atomic E-state index is 0.594. The number of halogens is 1. The van der Waals surface area contributed by atoms with Gasteiger partial charge in [0.05, 0.1) is 0 Å². The maximum absolute atomic E-state index is 5.96. The van der Waals surface area contributed by atoms with Gasteiger partial charge in [-0.15, -0.1) is 0 Å². The van der Waals surface area contributed by atoms with Gasteiger partial charge in [-0.05, 0) is 49.4 Å². The zero-order chi connectivity index (χ0) is 14.8. The van der Waals surface area contributed by atoms with Gasteiger partial charge in [-0.2, -0.15) is 0 Å². The third-order valence-electron chi connectivity index (χ3n) is 3.71. The molecular formula is C17H20ClN3. The van der Waals surface area contributed by atoms with E-state index in [9.17, 15) is 0 Å². The average Bonchev–Trinajstić information content (AvgIpc) is 2.93. The van der Waals surface area contributed by atoms with Crippen molar-refractivity contribution < 1.29 is 0 Å². The Morgan fingerprint density at radius 3 is 2.62 bits per heavy atom. The molecule has 1 aromatic heterocycles. The number of hydrogen-bond donors (Lipinski definition) is 1. The number of aryl methyl sites for hydroxylation is 1. The maximum atomic E-state index is 5.96. The molecule has 1 aromatic carbocycles. The molecule has 0 saturated carbocycles. The predicted molar refractivity (Wildman–Crippen MR) is 87.8 cm³/mol. The van der Waals surface area contributed by atoms with Crippen LogP contribution in [0.25, 0.3) is 11.4 Å². The lowest BCUT2D eigenvalue weighted by Gasteiger charge is -2.13. The maximum Gasteiger partial charge on any atom is 0.161 e. The van der Waals surface area contributed by atoms with Crippen LogP contribution in [0.1, 0.15) is 31.5 Å². The van der Waals surface area contributed by atoms with Gasteiger partial charge in [0.15, 0.2) is 5.82 Å². The van der Waals surface area contributed by atoms with E-state index >= 15 is 0 Å². The Morgan fingerprint density at radius 1 is 1.14 bits per heavy atom. The van der Waals surface area contributed by atoms with E-state index in [1.54, 1.807) is 0 Å².